The van der Waals surface area contributed by atoms with Crippen molar-refractivity contribution in [2.45, 2.75) is 43.8 Å². The van der Waals surface area contributed by atoms with Crippen LogP contribution in [0.4, 0.5) is 10.1 Å². The van der Waals surface area contributed by atoms with Crippen LogP contribution in [0.1, 0.15) is 43.8 Å². The predicted molar refractivity (Wildman–Crippen MR) is 82.0 cm³/mol. The number of nitrogens with zero attached hydrogens (tertiary/aromatic N) is 3. The molecule has 134 valence electrons. The number of hydrogen-bond donors (Lipinski definition) is 0. The molecule has 3 rings (SSSR count). The Morgan fingerprint density at radius 1 is 1.42 bits per heavy atom. The molecule has 24 heavy (non-hydrogen) atoms. The van der Waals surface area contributed by atoms with E-state index in [0.717, 1.165) is 0 Å². The van der Waals surface area contributed by atoms with E-state index in [9.17, 15) is 14.5 Å². The third-order valence-electron chi connectivity index (χ3n) is 4.42. The molecule has 0 unspecified atom stereocenters. The normalized spacial score (nSPS) is 20.1. The first-order valence-corrected chi connectivity index (χ1v) is 8.22. The molecule has 1 aromatic heterocycles. The van der Waals surface area contributed by atoms with Crippen molar-refractivity contribution < 1.29 is 23.5 Å². The minimum Gasteiger partial charge on any atom is -0.472 e. The standard InChI is InChI=1S/C15H22FN3O5/c1-22-7-2-8-24-14-12(19(20)21)13(15(16)5-6-15)18(17-14)11-3-9-23-10-4-11/h11H,2-10H2,1H3. The molecule has 9 heteroatoms. The summed E-state index contributed by atoms with van der Waals surface area (Å²) in [5, 5.41) is 15.8. The van der Waals surface area contributed by atoms with Crippen LogP contribution in [0.5, 0.6) is 5.88 Å². The molecule has 2 aliphatic rings. The lowest BCUT2D eigenvalue weighted by atomic mass is 10.1. The number of ether oxygens (including phenoxy) is 3. The molecule has 0 spiro atoms. The molecule has 0 amide bonds. The van der Waals surface area contributed by atoms with Crippen molar-refractivity contribution in [2.75, 3.05) is 33.5 Å². The van der Waals surface area contributed by atoms with Crippen molar-refractivity contribution in [1.29, 1.82) is 0 Å². The van der Waals surface area contributed by atoms with Gasteiger partial charge in [0.15, 0.2) is 11.4 Å². The minimum absolute atomic E-state index is 0.0566. The number of aromatic nitrogens is 2. The fourth-order valence-electron chi connectivity index (χ4n) is 3.00. The first kappa shape index (κ1) is 17.1. The second-order valence-corrected chi connectivity index (χ2v) is 6.21. The molecular formula is C15H22FN3O5. The Balaban J connectivity index is 1.93. The van der Waals surface area contributed by atoms with Crippen LogP contribution in [0.15, 0.2) is 0 Å². The van der Waals surface area contributed by atoms with Gasteiger partial charge in [-0.05, 0) is 25.7 Å². The number of rotatable bonds is 8. The predicted octanol–water partition coefficient (Wildman–Crippen LogP) is 2.52. The van der Waals surface area contributed by atoms with Gasteiger partial charge >= 0.3 is 11.6 Å². The average Bonchev–Trinajstić information content (AvgIpc) is 3.20. The van der Waals surface area contributed by atoms with Gasteiger partial charge in [0.2, 0.25) is 0 Å². The quantitative estimate of drug-likeness (QED) is 0.409. The summed E-state index contributed by atoms with van der Waals surface area (Å²) in [5.74, 6) is -0.0958. The lowest BCUT2D eigenvalue weighted by molar-refractivity contribution is -0.387. The number of methoxy groups -OCH3 is 1. The Morgan fingerprint density at radius 3 is 2.71 bits per heavy atom. The molecule has 1 aliphatic heterocycles. The summed E-state index contributed by atoms with van der Waals surface area (Å²) in [7, 11) is 1.57. The van der Waals surface area contributed by atoms with E-state index >= 15 is 0 Å². The molecule has 0 N–H and O–H groups in total. The van der Waals surface area contributed by atoms with Gasteiger partial charge in [-0.3, -0.25) is 14.8 Å². The molecule has 0 atom stereocenters. The largest absolute Gasteiger partial charge is 0.472 e. The molecule has 2 fully saturated rings. The summed E-state index contributed by atoms with van der Waals surface area (Å²) in [6.07, 6.45) is 2.46. The van der Waals surface area contributed by atoms with Crippen molar-refractivity contribution in [3.8, 4) is 5.88 Å². The molecule has 0 bridgehead atoms. The van der Waals surface area contributed by atoms with Gasteiger partial charge in [-0.2, -0.15) is 0 Å². The number of alkyl halides is 1. The van der Waals surface area contributed by atoms with Crippen LogP contribution in [0.2, 0.25) is 0 Å². The number of nitro groups is 1. The summed E-state index contributed by atoms with van der Waals surface area (Å²) in [4.78, 5) is 11.0. The van der Waals surface area contributed by atoms with Crippen LogP contribution in [0.3, 0.4) is 0 Å². The number of hydrogen-bond acceptors (Lipinski definition) is 6. The van der Waals surface area contributed by atoms with Crippen molar-refractivity contribution in [1.82, 2.24) is 9.78 Å². The van der Waals surface area contributed by atoms with Crippen LogP contribution in [0, 0.1) is 10.1 Å². The molecule has 0 radical (unpaired) electrons. The first-order chi connectivity index (χ1) is 11.6. The number of halogens is 1. The van der Waals surface area contributed by atoms with E-state index in [4.69, 9.17) is 14.2 Å². The van der Waals surface area contributed by atoms with Crippen LogP contribution in [-0.4, -0.2) is 48.2 Å². The Kier molecular flexibility index (Phi) is 5.00. The zero-order valence-corrected chi connectivity index (χ0v) is 13.7. The van der Waals surface area contributed by atoms with Crippen LogP contribution >= 0.6 is 0 Å². The molecular weight excluding hydrogens is 321 g/mol. The molecule has 1 aliphatic carbocycles. The summed E-state index contributed by atoms with van der Waals surface area (Å²) in [5.41, 5.74) is -1.94. The van der Waals surface area contributed by atoms with E-state index in [1.165, 1.54) is 4.68 Å². The maximum atomic E-state index is 14.9. The van der Waals surface area contributed by atoms with Crippen LogP contribution in [0.25, 0.3) is 0 Å². The summed E-state index contributed by atoms with van der Waals surface area (Å²) < 4.78 is 32.1. The fraction of sp³-hybridized carbons (Fsp3) is 0.800. The summed E-state index contributed by atoms with van der Waals surface area (Å²) in [6.45, 7) is 1.80. The summed E-state index contributed by atoms with van der Waals surface area (Å²) in [6, 6.07) is -0.1000. The van der Waals surface area contributed by atoms with E-state index in [0.29, 0.717) is 39.1 Å². The highest BCUT2D eigenvalue weighted by Gasteiger charge is 2.54. The zero-order valence-electron chi connectivity index (χ0n) is 13.7. The fourth-order valence-corrected chi connectivity index (χ4v) is 3.00. The maximum absolute atomic E-state index is 14.9. The Bertz CT molecular complexity index is 596. The van der Waals surface area contributed by atoms with E-state index < -0.39 is 10.6 Å². The summed E-state index contributed by atoms with van der Waals surface area (Å²) >= 11 is 0. The average molecular weight is 343 g/mol. The zero-order chi connectivity index (χ0) is 17.2. The van der Waals surface area contributed by atoms with Gasteiger partial charge in [-0.25, -0.2) is 4.39 Å². The highest BCUT2D eigenvalue weighted by molar-refractivity contribution is 5.51. The Labute approximate surface area is 139 Å². The third kappa shape index (κ3) is 3.36. The van der Waals surface area contributed by atoms with Gasteiger partial charge < -0.3 is 14.2 Å². The van der Waals surface area contributed by atoms with Gasteiger partial charge in [-0.1, -0.05) is 0 Å². The second kappa shape index (κ2) is 7.02. The molecule has 1 aromatic rings. The van der Waals surface area contributed by atoms with Crippen molar-refractivity contribution >= 4 is 5.69 Å². The van der Waals surface area contributed by atoms with Crippen molar-refractivity contribution in [3.63, 3.8) is 0 Å². The van der Waals surface area contributed by atoms with Crippen molar-refractivity contribution in [3.05, 3.63) is 15.8 Å². The lowest BCUT2D eigenvalue weighted by Gasteiger charge is -2.24. The Hall–Kier alpha value is -1.74. The minimum atomic E-state index is -1.66. The molecule has 2 heterocycles. The first-order valence-electron chi connectivity index (χ1n) is 8.22. The highest BCUT2D eigenvalue weighted by Crippen LogP contribution is 2.55. The van der Waals surface area contributed by atoms with E-state index in [1.807, 2.05) is 0 Å². The SMILES string of the molecule is COCCCOc1nn(C2CCOCC2)c(C2(F)CC2)c1[N+](=O)[O-]. The Morgan fingerprint density at radius 2 is 2.12 bits per heavy atom. The van der Waals surface area contributed by atoms with E-state index in [1.54, 1.807) is 7.11 Å². The van der Waals surface area contributed by atoms with Crippen molar-refractivity contribution in [2.24, 2.45) is 0 Å². The van der Waals surface area contributed by atoms with Gasteiger partial charge in [-0.15, -0.1) is 5.10 Å². The van der Waals surface area contributed by atoms with E-state index in [-0.39, 0.29) is 42.8 Å². The smallest absolute Gasteiger partial charge is 0.356 e. The van der Waals surface area contributed by atoms with E-state index in [2.05, 4.69) is 5.10 Å². The monoisotopic (exact) mass is 343 g/mol. The molecule has 1 saturated heterocycles. The van der Waals surface area contributed by atoms with Crippen LogP contribution in [-0.2, 0) is 15.1 Å². The molecule has 0 aromatic carbocycles. The highest BCUT2D eigenvalue weighted by atomic mass is 19.1. The lowest BCUT2D eigenvalue weighted by Crippen LogP contribution is -2.24. The van der Waals surface area contributed by atoms with Gasteiger partial charge in [0.1, 0.15) is 0 Å². The maximum Gasteiger partial charge on any atom is 0.356 e. The van der Waals surface area contributed by atoms with Gasteiger partial charge in [0.05, 0.1) is 17.6 Å². The van der Waals surface area contributed by atoms with Gasteiger partial charge in [0.25, 0.3) is 0 Å². The second-order valence-electron chi connectivity index (χ2n) is 6.21. The third-order valence-corrected chi connectivity index (χ3v) is 4.42. The van der Waals surface area contributed by atoms with Gasteiger partial charge in [0, 0.05) is 33.4 Å². The molecule has 8 nitrogen and oxygen atoms in total. The topological polar surface area (TPSA) is 88.7 Å². The molecule has 1 saturated carbocycles. The van der Waals surface area contributed by atoms with Crippen LogP contribution < -0.4 is 4.74 Å².